The van der Waals surface area contributed by atoms with Gasteiger partial charge >= 0.3 is 6.18 Å². The summed E-state index contributed by atoms with van der Waals surface area (Å²) in [4.78, 5) is 30.3. The fourth-order valence-corrected chi connectivity index (χ4v) is 4.23. The van der Waals surface area contributed by atoms with Crippen molar-refractivity contribution >= 4 is 28.3 Å². The third-order valence-electron chi connectivity index (χ3n) is 5.93. The number of para-hydroxylation sites is 1. The number of carbonyl (C=O) groups is 2. The summed E-state index contributed by atoms with van der Waals surface area (Å²) in [6.07, 6.45) is -3.43. The Labute approximate surface area is 210 Å². The van der Waals surface area contributed by atoms with E-state index in [2.05, 4.69) is 10.3 Å². The molecule has 0 bridgehead atoms. The Bertz CT molecular complexity index is 1620. The smallest absolute Gasteiger partial charge is 0.322 e. The maximum absolute atomic E-state index is 13.8. The van der Waals surface area contributed by atoms with Crippen LogP contribution in [0.1, 0.15) is 31.8 Å². The number of alkyl halides is 3. The Morgan fingerprint density at radius 2 is 1.38 bits per heavy atom. The Hall–Kier alpha value is -4.78. The van der Waals surface area contributed by atoms with Crippen LogP contribution in [0.3, 0.4) is 0 Å². The Morgan fingerprint density at radius 3 is 2.05 bits per heavy atom. The highest BCUT2D eigenvalue weighted by Crippen LogP contribution is 2.39. The van der Waals surface area contributed by atoms with Gasteiger partial charge in [0.25, 0.3) is 5.91 Å². The molecule has 4 nitrogen and oxygen atoms in total. The van der Waals surface area contributed by atoms with Gasteiger partial charge in [-0.3, -0.25) is 14.6 Å². The van der Waals surface area contributed by atoms with Crippen molar-refractivity contribution in [2.24, 2.45) is 0 Å². The molecule has 0 aliphatic heterocycles. The summed E-state index contributed by atoms with van der Waals surface area (Å²) in [6.45, 7) is 0. The lowest BCUT2D eigenvalue weighted by Gasteiger charge is -2.16. The average Bonchev–Trinajstić information content (AvgIpc) is 2.92. The van der Waals surface area contributed by atoms with Crippen LogP contribution in [0.4, 0.5) is 18.9 Å². The van der Waals surface area contributed by atoms with E-state index in [0.717, 1.165) is 6.07 Å². The van der Waals surface area contributed by atoms with Crippen molar-refractivity contribution in [3.63, 3.8) is 0 Å². The molecular weight excluding hydrogens is 477 g/mol. The zero-order valence-corrected chi connectivity index (χ0v) is 19.3. The van der Waals surface area contributed by atoms with E-state index in [1.807, 2.05) is 0 Å². The zero-order chi connectivity index (χ0) is 26.0. The normalized spacial score (nSPS) is 11.3. The molecule has 0 radical (unpaired) electrons. The van der Waals surface area contributed by atoms with Crippen LogP contribution in [-0.2, 0) is 6.18 Å². The van der Waals surface area contributed by atoms with Gasteiger partial charge in [-0.1, -0.05) is 72.8 Å². The molecule has 0 aliphatic carbocycles. The first-order valence-corrected chi connectivity index (χ1v) is 11.4. The van der Waals surface area contributed by atoms with Crippen LogP contribution >= 0.6 is 0 Å². The topological polar surface area (TPSA) is 59.1 Å². The van der Waals surface area contributed by atoms with Gasteiger partial charge in [0.1, 0.15) is 0 Å². The van der Waals surface area contributed by atoms with Crippen molar-refractivity contribution in [3.8, 4) is 11.1 Å². The number of aromatic nitrogens is 1. The monoisotopic (exact) mass is 496 g/mol. The lowest BCUT2D eigenvalue weighted by atomic mass is 9.91. The molecule has 37 heavy (non-hydrogen) atoms. The second-order valence-corrected chi connectivity index (χ2v) is 8.34. The van der Waals surface area contributed by atoms with Crippen LogP contribution < -0.4 is 5.32 Å². The predicted molar refractivity (Wildman–Crippen MR) is 136 cm³/mol. The molecule has 0 aliphatic rings. The minimum atomic E-state index is -4.62. The zero-order valence-electron chi connectivity index (χ0n) is 19.3. The number of halogens is 3. The van der Waals surface area contributed by atoms with Crippen molar-refractivity contribution in [2.45, 2.75) is 6.18 Å². The Balaban J connectivity index is 1.69. The van der Waals surface area contributed by atoms with E-state index in [9.17, 15) is 22.8 Å². The summed E-state index contributed by atoms with van der Waals surface area (Å²) < 4.78 is 41.4. The van der Waals surface area contributed by atoms with Gasteiger partial charge in [-0.2, -0.15) is 13.2 Å². The highest BCUT2D eigenvalue weighted by Gasteiger charge is 2.34. The van der Waals surface area contributed by atoms with E-state index in [1.165, 1.54) is 18.3 Å². The number of carbonyl (C=O) groups excluding carboxylic acids is 2. The number of fused-ring (bicyclic) bond motifs is 1. The molecule has 4 aromatic carbocycles. The van der Waals surface area contributed by atoms with Crippen LogP contribution in [0.5, 0.6) is 0 Å². The van der Waals surface area contributed by atoms with Crippen LogP contribution in [-0.4, -0.2) is 16.7 Å². The van der Waals surface area contributed by atoms with E-state index < -0.39 is 11.7 Å². The van der Waals surface area contributed by atoms with Gasteiger partial charge in [0.15, 0.2) is 5.78 Å². The van der Waals surface area contributed by atoms with Crippen molar-refractivity contribution in [1.82, 2.24) is 4.98 Å². The summed E-state index contributed by atoms with van der Waals surface area (Å²) in [5.41, 5.74) is 1.05. The van der Waals surface area contributed by atoms with Gasteiger partial charge < -0.3 is 5.32 Å². The summed E-state index contributed by atoms with van der Waals surface area (Å²) in [5, 5.41) is 3.00. The van der Waals surface area contributed by atoms with E-state index in [4.69, 9.17) is 0 Å². The number of anilines is 1. The van der Waals surface area contributed by atoms with Gasteiger partial charge in [-0.05, 0) is 35.9 Å². The van der Waals surface area contributed by atoms with E-state index in [1.54, 1.807) is 84.9 Å². The Morgan fingerprint density at radius 1 is 0.730 bits per heavy atom. The molecule has 0 saturated carbocycles. The SMILES string of the molecule is O=C(Nc1cccc(-c2c(C(=O)c3ccccc3)cnc3c(C(F)(F)F)cccc23)c1)c1ccccc1. The number of nitrogens with zero attached hydrogens (tertiary/aromatic N) is 1. The van der Waals surface area contributed by atoms with E-state index in [0.29, 0.717) is 27.9 Å². The summed E-state index contributed by atoms with van der Waals surface area (Å²) in [7, 11) is 0. The molecule has 1 heterocycles. The average molecular weight is 496 g/mol. The number of pyridine rings is 1. The second kappa shape index (κ2) is 9.70. The highest BCUT2D eigenvalue weighted by atomic mass is 19.4. The van der Waals surface area contributed by atoms with E-state index >= 15 is 0 Å². The molecule has 1 aromatic heterocycles. The van der Waals surface area contributed by atoms with Crippen LogP contribution in [0.25, 0.3) is 22.0 Å². The molecule has 0 spiro atoms. The maximum Gasteiger partial charge on any atom is 0.418 e. The molecule has 182 valence electrons. The molecule has 7 heteroatoms. The quantitative estimate of drug-likeness (QED) is 0.258. The third kappa shape index (κ3) is 4.84. The number of nitrogens with one attached hydrogen (secondary N) is 1. The minimum Gasteiger partial charge on any atom is -0.322 e. The Kier molecular flexibility index (Phi) is 6.27. The minimum absolute atomic E-state index is 0.157. The second-order valence-electron chi connectivity index (χ2n) is 8.34. The first kappa shape index (κ1) is 23.9. The standard InChI is InChI=1S/C30H19F3N2O2/c31-30(32,33)25-16-8-15-23-26(24(18-34-27(23)25)28(36)19-9-3-1-4-10-19)21-13-7-14-22(17-21)35-29(37)20-11-5-2-6-12-20/h1-18H,(H,35,37). The number of benzene rings is 4. The lowest BCUT2D eigenvalue weighted by molar-refractivity contribution is -0.136. The predicted octanol–water partition coefficient (Wildman–Crippen LogP) is 7.40. The van der Waals surface area contributed by atoms with Gasteiger partial charge in [-0.25, -0.2) is 0 Å². The third-order valence-corrected chi connectivity index (χ3v) is 5.93. The van der Waals surface area contributed by atoms with Crippen LogP contribution in [0.15, 0.2) is 109 Å². The molecule has 0 saturated heterocycles. The fraction of sp³-hybridized carbons (Fsp3) is 0.0333. The first-order chi connectivity index (χ1) is 17.8. The maximum atomic E-state index is 13.8. The van der Waals surface area contributed by atoms with Crippen LogP contribution in [0, 0.1) is 0 Å². The summed E-state index contributed by atoms with van der Waals surface area (Å²) in [5.74, 6) is -0.710. The number of rotatable bonds is 5. The summed E-state index contributed by atoms with van der Waals surface area (Å²) in [6, 6.07) is 27.6. The molecule has 0 fully saturated rings. The number of hydrogen-bond acceptors (Lipinski definition) is 3. The number of ketones is 1. The van der Waals surface area contributed by atoms with Crippen molar-refractivity contribution < 1.29 is 22.8 Å². The van der Waals surface area contributed by atoms with Gasteiger partial charge in [0.05, 0.1) is 11.1 Å². The molecule has 0 unspecified atom stereocenters. The lowest BCUT2D eigenvalue weighted by Crippen LogP contribution is -2.12. The van der Waals surface area contributed by atoms with Gasteiger partial charge in [0.2, 0.25) is 0 Å². The van der Waals surface area contributed by atoms with Crippen molar-refractivity contribution in [2.75, 3.05) is 5.32 Å². The van der Waals surface area contributed by atoms with Gasteiger partial charge in [-0.15, -0.1) is 0 Å². The fourth-order valence-electron chi connectivity index (χ4n) is 4.23. The highest BCUT2D eigenvalue weighted by molar-refractivity contribution is 6.17. The molecule has 5 aromatic rings. The molecule has 5 rings (SSSR count). The molecule has 1 amide bonds. The largest absolute Gasteiger partial charge is 0.418 e. The van der Waals surface area contributed by atoms with Crippen LogP contribution in [0.2, 0.25) is 0 Å². The van der Waals surface area contributed by atoms with Crippen molar-refractivity contribution in [1.29, 1.82) is 0 Å². The van der Waals surface area contributed by atoms with Crippen molar-refractivity contribution in [3.05, 3.63) is 132 Å². The number of amides is 1. The van der Waals surface area contributed by atoms with E-state index in [-0.39, 0.29) is 28.2 Å². The molecular formula is C30H19F3N2O2. The molecule has 0 atom stereocenters. The molecule has 1 N–H and O–H groups in total. The first-order valence-electron chi connectivity index (χ1n) is 11.4. The summed E-state index contributed by atoms with van der Waals surface area (Å²) >= 11 is 0. The number of hydrogen-bond donors (Lipinski definition) is 1. The van der Waals surface area contributed by atoms with Gasteiger partial charge in [0, 0.05) is 39.5 Å².